The molecule has 4 atom stereocenters. The summed E-state index contributed by atoms with van der Waals surface area (Å²) >= 11 is 0. The van der Waals surface area contributed by atoms with Crippen molar-refractivity contribution in [1.82, 2.24) is 0 Å². The second kappa shape index (κ2) is 19.9. The van der Waals surface area contributed by atoms with Gasteiger partial charge in [0.25, 0.3) is 0 Å². The molecule has 0 aliphatic carbocycles. The van der Waals surface area contributed by atoms with Crippen molar-refractivity contribution in [3.05, 3.63) is 46.0 Å². The molecule has 0 spiro atoms. The Morgan fingerprint density at radius 2 is 1.61 bits per heavy atom. The van der Waals surface area contributed by atoms with E-state index in [1.54, 1.807) is 25.3 Å². The van der Waals surface area contributed by atoms with Crippen LogP contribution in [0.5, 0.6) is 34.5 Å². The number of nitro groups is 1. The van der Waals surface area contributed by atoms with Crippen molar-refractivity contribution in [2.75, 3.05) is 34.0 Å². The van der Waals surface area contributed by atoms with E-state index in [9.17, 15) is 20.5 Å². The zero-order valence-corrected chi connectivity index (χ0v) is 30.2. The van der Waals surface area contributed by atoms with Gasteiger partial charge in [0.1, 0.15) is 18.8 Å². The SMILES string of the molecule is CCCCCOc1cc(C(C#N)(CCC(O)C(CC2COc3ccccc3O2)[N+](=O)[O-])C(CC)CC)c(OCCCCC)c(OC)c1OC. The molecule has 0 aromatic heterocycles. The van der Waals surface area contributed by atoms with Gasteiger partial charge in [-0.1, -0.05) is 78.4 Å². The normalized spacial score (nSPS) is 16.3. The van der Waals surface area contributed by atoms with Crippen LogP contribution >= 0.6 is 0 Å². The van der Waals surface area contributed by atoms with Crippen LogP contribution in [0, 0.1) is 27.4 Å². The second-order valence-corrected chi connectivity index (χ2v) is 12.7. The van der Waals surface area contributed by atoms with Crippen LogP contribution in [0.2, 0.25) is 0 Å². The van der Waals surface area contributed by atoms with Crippen molar-refractivity contribution in [1.29, 1.82) is 5.26 Å². The number of fused-ring (bicyclic) bond motifs is 1. The van der Waals surface area contributed by atoms with E-state index in [2.05, 4.69) is 19.9 Å². The highest BCUT2D eigenvalue weighted by molar-refractivity contribution is 5.66. The number of methoxy groups -OCH3 is 2. The van der Waals surface area contributed by atoms with Crippen molar-refractivity contribution < 1.29 is 38.5 Å². The molecule has 11 nitrogen and oxygen atoms in total. The first kappa shape index (κ1) is 39.5. The van der Waals surface area contributed by atoms with E-state index in [1.165, 1.54) is 7.11 Å². The zero-order chi connectivity index (χ0) is 35.8. The fraction of sp³-hybridized carbons (Fsp3) is 0.658. The maximum absolute atomic E-state index is 12.4. The fourth-order valence-corrected chi connectivity index (χ4v) is 6.77. The summed E-state index contributed by atoms with van der Waals surface area (Å²) in [5, 5.41) is 35.0. The van der Waals surface area contributed by atoms with Crippen molar-refractivity contribution in [2.45, 2.75) is 122 Å². The zero-order valence-electron chi connectivity index (χ0n) is 30.2. The van der Waals surface area contributed by atoms with Crippen LogP contribution < -0.4 is 28.4 Å². The topological polar surface area (TPSA) is 143 Å². The number of hydrogen-bond donors (Lipinski definition) is 1. The van der Waals surface area contributed by atoms with E-state index in [0.29, 0.717) is 66.1 Å². The number of hydrogen-bond acceptors (Lipinski definition) is 10. The van der Waals surface area contributed by atoms with Gasteiger partial charge in [0, 0.05) is 10.5 Å². The number of rotatable bonds is 23. The molecule has 0 fully saturated rings. The Balaban J connectivity index is 2.04. The Hall–Kier alpha value is -3.91. The van der Waals surface area contributed by atoms with Crippen LogP contribution in [0.25, 0.3) is 0 Å². The van der Waals surface area contributed by atoms with E-state index < -0.39 is 28.6 Å². The fourth-order valence-electron chi connectivity index (χ4n) is 6.77. The van der Waals surface area contributed by atoms with Crippen LogP contribution in [0.4, 0.5) is 0 Å². The number of para-hydroxylation sites is 2. The summed E-state index contributed by atoms with van der Waals surface area (Å²) in [6.45, 7) is 9.28. The van der Waals surface area contributed by atoms with Gasteiger partial charge in [-0.05, 0) is 49.8 Å². The maximum atomic E-state index is 12.4. The summed E-state index contributed by atoms with van der Waals surface area (Å²) in [5.74, 6) is 2.49. The van der Waals surface area contributed by atoms with E-state index in [1.807, 2.05) is 26.0 Å². The van der Waals surface area contributed by atoms with Gasteiger partial charge >= 0.3 is 0 Å². The Bertz CT molecular complexity index is 1360. The molecule has 0 amide bonds. The number of unbranched alkanes of at least 4 members (excludes halogenated alkanes) is 4. The molecule has 1 aliphatic rings. The highest BCUT2D eigenvalue weighted by Gasteiger charge is 2.45. The summed E-state index contributed by atoms with van der Waals surface area (Å²) in [7, 11) is 3.08. The molecule has 0 bridgehead atoms. The van der Waals surface area contributed by atoms with Gasteiger partial charge in [0.15, 0.2) is 23.0 Å². The standard InChI is InChI=1S/C38H56N2O9/c1-7-11-15-21-46-34-24-29(35(47-22-16-12-8-2)37(45-6)36(34)44-5)38(26-39,27(9-3)10-4)20-19-31(41)30(40(42)43)23-28-25-48-32-17-13-14-18-33(32)49-28/h13-14,17-18,24,27-28,30-31,41H,7-12,15-16,19-23,25H2,1-6H3. The molecule has 2 aromatic carbocycles. The Kier molecular flexibility index (Phi) is 16.1. The third-order valence-corrected chi connectivity index (χ3v) is 9.55. The molecule has 272 valence electrons. The van der Waals surface area contributed by atoms with Crippen LogP contribution in [0.3, 0.4) is 0 Å². The summed E-state index contributed by atoms with van der Waals surface area (Å²) in [6.07, 6.45) is 5.11. The summed E-state index contributed by atoms with van der Waals surface area (Å²) in [5.41, 5.74) is -0.621. The monoisotopic (exact) mass is 684 g/mol. The second-order valence-electron chi connectivity index (χ2n) is 12.7. The highest BCUT2D eigenvalue weighted by atomic mass is 16.6. The Morgan fingerprint density at radius 1 is 0.980 bits per heavy atom. The maximum Gasteiger partial charge on any atom is 0.242 e. The summed E-state index contributed by atoms with van der Waals surface area (Å²) in [4.78, 5) is 11.9. The molecule has 2 aromatic rings. The molecular formula is C38H56N2O9. The minimum atomic E-state index is -1.35. The van der Waals surface area contributed by atoms with Crippen LogP contribution in [-0.4, -0.2) is 62.3 Å². The lowest BCUT2D eigenvalue weighted by Crippen LogP contribution is -2.43. The lowest BCUT2D eigenvalue weighted by atomic mass is 9.65. The molecule has 11 heteroatoms. The third-order valence-electron chi connectivity index (χ3n) is 9.55. The highest BCUT2D eigenvalue weighted by Crippen LogP contribution is 2.54. The Morgan fingerprint density at radius 3 is 2.18 bits per heavy atom. The average molecular weight is 685 g/mol. The van der Waals surface area contributed by atoms with E-state index in [4.69, 9.17) is 28.4 Å². The van der Waals surface area contributed by atoms with Crippen molar-refractivity contribution in [2.24, 2.45) is 5.92 Å². The molecule has 1 heterocycles. The molecule has 0 saturated heterocycles. The molecule has 49 heavy (non-hydrogen) atoms. The van der Waals surface area contributed by atoms with Crippen LogP contribution in [0.1, 0.15) is 104 Å². The number of benzene rings is 2. The van der Waals surface area contributed by atoms with E-state index in [-0.39, 0.29) is 31.8 Å². The van der Waals surface area contributed by atoms with Crippen molar-refractivity contribution >= 4 is 0 Å². The van der Waals surface area contributed by atoms with Crippen molar-refractivity contribution in [3.63, 3.8) is 0 Å². The number of aliphatic hydroxyl groups excluding tert-OH is 1. The number of aliphatic hydroxyl groups is 1. The minimum absolute atomic E-state index is 0.00379. The van der Waals surface area contributed by atoms with Gasteiger partial charge in [0.05, 0.1) is 45.3 Å². The summed E-state index contributed by atoms with van der Waals surface area (Å²) < 4.78 is 36.2. The first-order chi connectivity index (χ1) is 23.7. The number of nitriles is 1. The molecule has 1 N–H and O–H groups in total. The lowest BCUT2D eigenvalue weighted by Gasteiger charge is -2.37. The van der Waals surface area contributed by atoms with Gasteiger partial charge in [-0.2, -0.15) is 5.26 Å². The molecule has 4 unspecified atom stereocenters. The molecule has 0 radical (unpaired) electrons. The molecule has 3 rings (SSSR count). The smallest absolute Gasteiger partial charge is 0.242 e. The first-order valence-electron chi connectivity index (χ1n) is 17.9. The largest absolute Gasteiger partial charge is 0.490 e. The number of ether oxygens (including phenoxy) is 6. The van der Waals surface area contributed by atoms with Gasteiger partial charge in [0.2, 0.25) is 17.5 Å². The van der Waals surface area contributed by atoms with Gasteiger partial charge < -0.3 is 33.5 Å². The first-order valence-corrected chi connectivity index (χ1v) is 17.9. The number of nitrogens with zero attached hydrogens (tertiary/aromatic N) is 2. The van der Waals surface area contributed by atoms with E-state index >= 15 is 0 Å². The molecule has 0 saturated carbocycles. The Labute approximate surface area is 291 Å². The quantitative estimate of drug-likeness (QED) is 0.0694. The lowest BCUT2D eigenvalue weighted by molar-refractivity contribution is -0.537. The third kappa shape index (κ3) is 9.84. The predicted molar refractivity (Wildman–Crippen MR) is 188 cm³/mol. The van der Waals surface area contributed by atoms with Gasteiger partial charge in [-0.25, -0.2) is 0 Å². The van der Waals surface area contributed by atoms with Crippen LogP contribution in [-0.2, 0) is 5.41 Å². The average Bonchev–Trinajstić information content (AvgIpc) is 3.12. The van der Waals surface area contributed by atoms with Crippen LogP contribution in [0.15, 0.2) is 30.3 Å². The summed E-state index contributed by atoms with van der Waals surface area (Å²) in [6, 6.07) is 10.3. The molecule has 1 aliphatic heterocycles. The van der Waals surface area contributed by atoms with Gasteiger partial charge in [-0.15, -0.1) is 0 Å². The van der Waals surface area contributed by atoms with E-state index in [0.717, 1.165) is 38.5 Å². The van der Waals surface area contributed by atoms with Crippen molar-refractivity contribution in [3.8, 4) is 40.6 Å². The van der Waals surface area contributed by atoms with Gasteiger partial charge in [-0.3, -0.25) is 10.1 Å². The minimum Gasteiger partial charge on any atom is -0.490 e. The predicted octanol–water partition coefficient (Wildman–Crippen LogP) is 8.06. The molecular weight excluding hydrogens is 628 g/mol.